The van der Waals surface area contributed by atoms with Gasteiger partial charge < -0.3 is 4.74 Å². The second kappa shape index (κ2) is 12.1. The number of hydrogen-bond donors (Lipinski definition) is 0. The Morgan fingerprint density at radius 3 is 2.35 bits per heavy atom. The first-order valence-corrected chi connectivity index (χ1v) is 9.07. The quantitative estimate of drug-likeness (QED) is 0.409. The van der Waals surface area contributed by atoms with Crippen molar-refractivity contribution in [2.75, 3.05) is 13.2 Å². The van der Waals surface area contributed by atoms with E-state index in [0.29, 0.717) is 19.1 Å². The second-order valence-electron chi connectivity index (χ2n) is 6.37. The number of ether oxygens (including phenoxy) is 1. The van der Waals surface area contributed by atoms with E-state index < -0.39 is 0 Å². The van der Waals surface area contributed by atoms with Gasteiger partial charge in [0, 0.05) is 19.0 Å². The van der Waals surface area contributed by atoms with E-state index in [0.717, 1.165) is 25.9 Å². The maximum Gasteiger partial charge on any atom is 0.305 e. The van der Waals surface area contributed by atoms with Crippen LogP contribution in [0.5, 0.6) is 0 Å². The molecule has 0 radical (unpaired) electrons. The number of benzene rings is 1. The van der Waals surface area contributed by atoms with Gasteiger partial charge in [-0.05, 0) is 45.7 Å². The van der Waals surface area contributed by atoms with Gasteiger partial charge in [-0.1, -0.05) is 49.6 Å². The van der Waals surface area contributed by atoms with Crippen molar-refractivity contribution in [2.45, 2.75) is 71.9 Å². The SMILES string of the molecule is CCOC(=O)CCCCCCCN(Cc1ccccc1)C(C)C. The zero-order valence-corrected chi connectivity index (χ0v) is 15.1. The molecule has 0 N–H and O–H groups in total. The first-order chi connectivity index (χ1) is 11.1. The highest BCUT2D eigenvalue weighted by Crippen LogP contribution is 2.12. The van der Waals surface area contributed by atoms with Crippen LogP contribution in [0, 0.1) is 0 Å². The van der Waals surface area contributed by atoms with Crippen molar-refractivity contribution in [3.05, 3.63) is 35.9 Å². The average Bonchev–Trinajstić information content (AvgIpc) is 2.54. The average molecular weight is 319 g/mol. The van der Waals surface area contributed by atoms with Crippen molar-refractivity contribution in [1.82, 2.24) is 4.90 Å². The molecule has 0 saturated carbocycles. The Morgan fingerprint density at radius 2 is 1.70 bits per heavy atom. The molecule has 0 aliphatic rings. The van der Waals surface area contributed by atoms with Gasteiger partial charge in [-0.15, -0.1) is 0 Å². The van der Waals surface area contributed by atoms with E-state index in [4.69, 9.17) is 4.74 Å². The maximum absolute atomic E-state index is 11.2. The Kier molecular flexibility index (Phi) is 10.4. The van der Waals surface area contributed by atoms with Crippen molar-refractivity contribution in [1.29, 1.82) is 0 Å². The molecule has 1 aromatic rings. The third-order valence-electron chi connectivity index (χ3n) is 4.09. The van der Waals surface area contributed by atoms with E-state index in [9.17, 15) is 4.79 Å². The van der Waals surface area contributed by atoms with Gasteiger partial charge in [-0.25, -0.2) is 0 Å². The number of carbonyl (C=O) groups excluding carboxylic acids is 1. The van der Waals surface area contributed by atoms with Gasteiger partial charge in [0.05, 0.1) is 6.61 Å². The highest BCUT2D eigenvalue weighted by Gasteiger charge is 2.09. The van der Waals surface area contributed by atoms with Gasteiger partial charge in [0.2, 0.25) is 0 Å². The molecular formula is C20H33NO2. The summed E-state index contributed by atoms with van der Waals surface area (Å²) in [4.78, 5) is 13.8. The number of esters is 1. The molecule has 130 valence electrons. The van der Waals surface area contributed by atoms with Gasteiger partial charge in [0.15, 0.2) is 0 Å². The molecule has 3 heteroatoms. The lowest BCUT2D eigenvalue weighted by molar-refractivity contribution is -0.143. The summed E-state index contributed by atoms with van der Waals surface area (Å²) in [6.45, 7) is 9.05. The van der Waals surface area contributed by atoms with Crippen LogP contribution in [0.3, 0.4) is 0 Å². The third-order valence-corrected chi connectivity index (χ3v) is 4.09. The molecular weight excluding hydrogens is 286 g/mol. The monoisotopic (exact) mass is 319 g/mol. The van der Waals surface area contributed by atoms with Gasteiger partial charge in [0.25, 0.3) is 0 Å². The van der Waals surface area contributed by atoms with E-state index in [1.54, 1.807) is 0 Å². The first kappa shape index (κ1) is 19.7. The highest BCUT2D eigenvalue weighted by atomic mass is 16.5. The lowest BCUT2D eigenvalue weighted by atomic mass is 10.1. The van der Waals surface area contributed by atoms with Crippen molar-refractivity contribution in [3.8, 4) is 0 Å². The van der Waals surface area contributed by atoms with Gasteiger partial charge in [0.1, 0.15) is 0 Å². The number of unbranched alkanes of at least 4 members (excludes halogenated alkanes) is 4. The molecule has 0 aliphatic carbocycles. The fourth-order valence-corrected chi connectivity index (χ4v) is 2.69. The Hall–Kier alpha value is -1.35. The Balaban J connectivity index is 2.13. The highest BCUT2D eigenvalue weighted by molar-refractivity contribution is 5.69. The summed E-state index contributed by atoms with van der Waals surface area (Å²) in [6.07, 6.45) is 6.32. The molecule has 0 aromatic heterocycles. The molecule has 0 heterocycles. The molecule has 23 heavy (non-hydrogen) atoms. The predicted molar refractivity (Wildman–Crippen MR) is 96.3 cm³/mol. The topological polar surface area (TPSA) is 29.5 Å². The summed E-state index contributed by atoms with van der Waals surface area (Å²) in [7, 11) is 0. The summed E-state index contributed by atoms with van der Waals surface area (Å²) in [5, 5.41) is 0. The van der Waals surface area contributed by atoms with E-state index in [1.165, 1.54) is 24.8 Å². The first-order valence-electron chi connectivity index (χ1n) is 9.07. The largest absolute Gasteiger partial charge is 0.466 e. The van der Waals surface area contributed by atoms with Crippen molar-refractivity contribution in [3.63, 3.8) is 0 Å². The van der Waals surface area contributed by atoms with E-state index >= 15 is 0 Å². The number of carbonyl (C=O) groups is 1. The summed E-state index contributed by atoms with van der Waals surface area (Å²) >= 11 is 0. The van der Waals surface area contributed by atoms with E-state index in [-0.39, 0.29) is 5.97 Å². The second-order valence-corrected chi connectivity index (χ2v) is 6.37. The van der Waals surface area contributed by atoms with Gasteiger partial charge in [-0.3, -0.25) is 9.69 Å². The fourth-order valence-electron chi connectivity index (χ4n) is 2.69. The van der Waals surface area contributed by atoms with E-state index in [1.807, 2.05) is 6.92 Å². The summed E-state index contributed by atoms with van der Waals surface area (Å²) in [5.74, 6) is -0.0543. The Morgan fingerprint density at radius 1 is 1.04 bits per heavy atom. The maximum atomic E-state index is 11.2. The molecule has 0 spiro atoms. The van der Waals surface area contributed by atoms with Gasteiger partial charge in [-0.2, -0.15) is 0 Å². The summed E-state index contributed by atoms with van der Waals surface area (Å²) in [6, 6.07) is 11.3. The third kappa shape index (κ3) is 9.39. The number of hydrogen-bond acceptors (Lipinski definition) is 3. The number of rotatable bonds is 12. The van der Waals surface area contributed by atoms with Crippen LogP contribution in [0.4, 0.5) is 0 Å². The standard InChI is InChI=1S/C20H33NO2/c1-4-23-20(22)15-11-6-5-7-12-16-21(18(2)3)17-19-13-9-8-10-14-19/h8-10,13-14,18H,4-7,11-12,15-17H2,1-3H3. The molecule has 0 bridgehead atoms. The molecule has 0 saturated heterocycles. The number of nitrogens with zero attached hydrogens (tertiary/aromatic N) is 1. The molecule has 0 fully saturated rings. The minimum atomic E-state index is -0.0543. The molecule has 0 aliphatic heterocycles. The smallest absolute Gasteiger partial charge is 0.305 e. The molecule has 0 amide bonds. The normalized spacial score (nSPS) is 11.2. The van der Waals surface area contributed by atoms with Crippen molar-refractivity contribution >= 4 is 5.97 Å². The lowest BCUT2D eigenvalue weighted by Crippen LogP contribution is -2.31. The summed E-state index contributed by atoms with van der Waals surface area (Å²) in [5.41, 5.74) is 1.38. The molecule has 1 rings (SSSR count). The van der Waals surface area contributed by atoms with E-state index in [2.05, 4.69) is 49.1 Å². The Labute approximate surface area is 142 Å². The predicted octanol–water partition coefficient (Wildman–Crippen LogP) is 4.80. The van der Waals surface area contributed by atoms with Crippen molar-refractivity contribution in [2.24, 2.45) is 0 Å². The van der Waals surface area contributed by atoms with Gasteiger partial charge >= 0.3 is 5.97 Å². The molecule has 3 nitrogen and oxygen atoms in total. The van der Waals surface area contributed by atoms with Crippen LogP contribution in [-0.2, 0) is 16.1 Å². The Bertz CT molecular complexity index is 417. The molecule has 0 unspecified atom stereocenters. The van der Waals surface area contributed by atoms with Crippen LogP contribution in [0.25, 0.3) is 0 Å². The van der Waals surface area contributed by atoms with Crippen LogP contribution >= 0.6 is 0 Å². The van der Waals surface area contributed by atoms with Crippen LogP contribution in [0.1, 0.15) is 64.9 Å². The minimum absolute atomic E-state index is 0.0543. The van der Waals surface area contributed by atoms with Crippen LogP contribution in [0.2, 0.25) is 0 Å². The lowest BCUT2D eigenvalue weighted by Gasteiger charge is -2.26. The zero-order valence-electron chi connectivity index (χ0n) is 15.1. The minimum Gasteiger partial charge on any atom is -0.466 e. The molecule has 1 aromatic carbocycles. The van der Waals surface area contributed by atoms with Crippen LogP contribution in [0.15, 0.2) is 30.3 Å². The van der Waals surface area contributed by atoms with Crippen molar-refractivity contribution < 1.29 is 9.53 Å². The summed E-state index contributed by atoms with van der Waals surface area (Å²) < 4.78 is 4.94. The van der Waals surface area contributed by atoms with Crippen LogP contribution in [-0.4, -0.2) is 30.1 Å². The molecule has 0 atom stereocenters. The van der Waals surface area contributed by atoms with Crippen LogP contribution < -0.4 is 0 Å². The fraction of sp³-hybridized carbons (Fsp3) is 0.650. The zero-order chi connectivity index (χ0) is 16.9.